The lowest BCUT2D eigenvalue weighted by Gasteiger charge is -2.40. The van der Waals surface area contributed by atoms with Gasteiger partial charge < -0.3 is 0 Å². The smallest absolute Gasteiger partial charge is 0.0649 e. The number of fused-ring (bicyclic) bond motifs is 1. The lowest BCUT2D eigenvalue weighted by molar-refractivity contribution is 0.0847. The Kier molecular flexibility index (Phi) is 5.82. The summed E-state index contributed by atoms with van der Waals surface area (Å²) in [5.41, 5.74) is 5.44. The van der Waals surface area contributed by atoms with Gasteiger partial charge in [-0.3, -0.25) is 9.80 Å². The Hall–Kier alpha value is -1.91. The Balaban J connectivity index is 1.22. The Morgan fingerprint density at radius 1 is 0.897 bits per heavy atom. The van der Waals surface area contributed by atoms with Crippen LogP contribution in [0.4, 0.5) is 0 Å². The molecule has 1 saturated heterocycles. The van der Waals surface area contributed by atoms with Gasteiger partial charge in [0.2, 0.25) is 0 Å². The van der Waals surface area contributed by atoms with Crippen molar-refractivity contribution in [1.29, 1.82) is 0 Å². The number of hydrogen-bond donors (Lipinski definition) is 0. The molecule has 1 saturated carbocycles. The molecule has 29 heavy (non-hydrogen) atoms. The van der Waals surface area contributed by atoms with Gasteiger partial charge in [0.15, 0.2) is 0 Å². The first-order valence-electron chi connectivity index (χ1n) is 11.7. The molecular weight excluding hydrogens is 356 g/mol. The second kappa shape index (κ2) is 8.85. The lowest BCUT2D eigenvalue weighted by Crippen LogP contribution is -2.50. The maximum atomic E-state index is 4.73. The number of hydrogen-bond acceptors (Lipinski definition) is 3. The first-order valence-corrected chi connectivity index (χ1v) is 11.7. The molecule has 2 aliphatic carbocycles. The molecule has 2 aromatic rings. The van der Waals surface area contributed by atoms with Crippen LogP contribution < -0.4 is 0 Å². The lowest BCUT2D eigenvalue weighted by atomic mass is 9.92. The Morgan fingerprint density at radius 3 is 2.48 bits per heavy atom. The summed E-state index contributed by atoms with van der Waals surface area (Å²) >= 11 is 0. The molecule has 5 rings (SSSR count). The van der Waals surface area contributed by atoms with Gasteiger partial charge in [-0.2, -0.15) is 5.10 Å². The first-order chi connectivity index (χ1) is 14.4. The van der Waals surface area contributed by atoms with Gasteiger partial charge in [0.1, 0.15) is 0 Å². The zero-order chi connectivity index (χ0) is 19.5. The predicted octanol–water partition coefficient (Wildman–Crippen LogP) is 4.54. The molecule has 1 aliphatic heterocycles. The normalized spacial score (nSPS) is 23.4. The summed E-state index contributed by atoms with van der Waals surface area (Å²) in [5.74, 6) is 0. The van der Waals surface area contributed by atoms with Crippen molar-refractivity contribution in [2.24, 2.45) is 0 Å². The molecule has 0 bridgehead atoms. The van der Waals surface area contributed by atoms with Crippen molar-refractivity contribution < 1.29 is 0 Å². The summed E-state index contributed by atoms with van der Waals surface area (Å²) in [6.45, 7) is 6.03. The van der Waals surface area contributed by atoms with Crippen LogP contribution in [0.3, 0.4) is 0 Å². The highest BCUT2D eigenvalue weighted by atomic mass is 15.3. The fraction of sp³-hybridized carbons (Fsp3) is 0.560. The Labute approximate surface area is 175 Å². The van der Waals surface area contributed by atoms with Crippen molar-refractivity contribution in [3.8, 4) is 5.69 Å². The van der Waals surface area contributed by atoms with Crippen LogP contribution in [-0.4, -0.2) is 58.3 Å². The van der Waals surface area contributed by atoms with Crippen LogP contribution in [0.2, 0.25) is 0 Å². The zero-order valence-corrected chi connectivity index (χ0v) is 17.6. The highest BCUT2D eigenvalue weighted by Crippen LogP contribution is 2.32. The van der Waals surface area contributed by atoms with E-state index in [-0.39, 0.29) is 0 Å². The maximum absolute atomic E-state index is 4.73. The number of benzene rings is 1. The van der Waals surface area contributed by atoms with Crippen LogP contribution in [0.15, 0.2) is 42.6 Å². The number of rotatable bonds is 4. The SMILES string of the molecule is C(CN1CCN(C2CCCCC2)CC1)=C1CCCc2c1cnn2-c1ccccc1. The minimum atomic E-state index is 0.869. The van der Waals surface area contributed by atoms with E-state index in [2.05, 4.69) is 57.1 Å². The molecular formula is C25H34N4. The van der Waals surface area contributed by atoms with E-state index in [9.17, 15) is 0 Å². The largest absolute Gasteiger partial charge is 0.298 e. The summed E-state index contributed by atoms with van der Waals surface area (Å²) in [7, 11) is 0. The standard InChI is InChI=1S/C25H34N4/c1-3-9-22(10-4-1)28-18-16-27(17-19-28)15-14-21-8-7-13-25-24(21)20-26-29(25)23-11-5-2-6-12-23/h2,5-6,11-12,14,20,22H,1,3-4,7-10,13,15-19H2. The van der Waals surface area contributed by atoms with E-state index in [1.807, 2.05) is 0 Å². The molecule has 154 valence electrons. The zero-order valence-electron chi connectivity index (χ0n) is 17.6. The van der Waals surface area contributed by atoms with Crippen molar-refractivity contribution in [1.82, 2.24) is 19.6 Å². The Bertz CT molecular complexity index is 824. The molecule has 4 heteroatoms. The van der Waals surface area contributed by atoms with Crippen molar-refractivity contribution in [2.75, 3.05) is 32.7 Å². The van der Waals surface area contributed by atoms with Gasteiger partial charge in [-0.05, 0) is 49.8 Å². The van der Waals surface area contributed by atoms with E-state index in [1.165, 1.54) is 93.6 Å². The second-order valence-electron chi connectivity index (χ2n) is 8.96. The van der Waals surface area contributed by atoms with Crippen LogP contribution in [0.25, 0.3) is 11.3 Å². The molecule has 2 fully saturated rings. The molecule has 1 aromatic carbocycles. The second-order valence-corrected chi connectivity index (χ2v) is 8.96. The van der Waals surface area contributed by atoms with Gasteiger partial charge in [-0.1, -0.05) is 43.5 Å². The summed E-state index contributed by atoms with van der Waals surface area (Å²) < 4.78 is 2.14. The van der Waals surface area contributed by atoms with Crippen LogP contribution in [-0.2, 0) is 6.42 Å². The monoisotopic (exact) mass is 390 g/mol. The maximum Gasteiger partial charge on any atom is 0.0649 e. The van der Waals surface area contributed by atoms with Crippen molar-refractivity contribution >= 4 is 5.57 Å². The summed E-state index contributed by atoms with van der Waals surface area (Å²) in [6.07, 6.45) is 15.3. The minimum Gasteiger partial charge on any atom is -0.298 e. The third-order valence-corrected chi connectivity index (χ3v) is 7.17. The number of aromatic nitrogens is 2. The van der Waals surface area contributed by atoms with Crippen LogP contribution in [0.1, 0.15) is 56.2 Å². The molecule has 0 radical (unpaired) electrons. The summed E-state index contributed by atoms with van der Waals surface area (Å²) in [5, 5.41) is 4.73. The number of nitrogens with zero attached hydrogens (tertiary/aromatic N) is 4. The van der Waals surface area contributed by atoms with Crippen molar-refractivity contribution in [3.05, 3.63) is 53.9 Å². The molecule has 0 spiro atoms. The first kappa shape index (κ1) is 19.1. The fourth-order valence-corrected chi connectivity index (χ4v) is 5.46. The molecule has 0 atom stereocenters. The highest BCUT2D eigenvalue weighted by molar-refractivity contribution is 5.69. The van der Waals surface area contributed by atoms with Crippen LogP contribution in [0, 0.1) is 0 Å². The molecule has 3 aliphatic rings. The van der Waals surface area contributed by atoms with Gasteiger partial charge in [-0.15, -0.1) is 0 Å². The summed E-state index contributed by atoms with van der Waals surface area (Å²) in [6, 6.07) is 11.4. The highest BCUT2D eigenvalue weighted by Gasteiger charge is 2.25. The Morgan fingerprint density at radius 2 is 1.69 bits per heavy atom. The third-order valence-electron chi connectivity index (χ3n) is 7.17. The van der Waals surface area contributed by atoms with Gasteiger partial charge >= 0.3 is 0 Å². The molecule has 1 aromatic heterocycles. The van der Waals surface area contributed by atoms with Gasteiger partial charge in [-0.25, -0.2) is 4.68 Å². The van der Waals surface area contributed by atoms with E-state index in [0.717, 1.165) is 19.0 Å². The molecule has 0 unspecified atom stereocenters. The fourth-order valence-electron chi connectivity index (χ4n) is 5.46. The van der Waals surface area contributed by atoms with E-state index < -0.39 is 0 Å². The third kappa shape index (κ3) is 4.19. The van der Waals surface area contributed by atoms with Gasteiger partial charge in [0.25, 0.3) is 0 Å². The van der Waals surface area contributed by atoms with E-state index in [1.54, 1.807) is 0 Å². The summed E-state index contributed by atoms with van der Waals surface area (Å²) in [4.78, 5) is 5.41. The van der Waals surface area contributed by atoms with Crippen molar-refractivity contribution in [2.45, 2.75) is 57.4 Å². The average Bonchev–Trinajstić information content (AvgIpc) is 3.24. The van der Waals surface area contributed by atoms with E-state index in [4.69, 9.17) is 5.10 Å². The van der Waals surface area contributed by atoms with Gasteiger partial charge in [0.05, 0.1) is 17.6 Å². The number of piperazine rings is 1. The van der Waals surface area contributed by atoms with E-state index >= 15 is 0 Å². The minimum absolute atomic E-state index is 0.869. The van der Waals surface area contributed by atoms with Gasteiger partial charge in [0, 0.05) is 44.3 Å². The number of allylic oxidation sites excluding steroid dienone is 1. The molecule has 0 amide bonds. The quantitative estimate of drug-likeness (QED) is 0.766. The van der Waals surface area contributed by atoms with Crippen molar-refractivity contribution in [3.63, 3.8) is 0 Å². The predicted molar refractivity (Wildman–Crippen MR) is 119 cm³/mol. The topological polar surface area (TPSA) is 24.3 Å². The molecule has 0 N–H and O–H groups in total. The molecule has 4 nitrogen and oxygen atoms in total. The van der Waals surface area contributed by atoms with Crippen LogP contribution >= 0.6 is 0 Å². The number of para-hydroxylation sites is 1. The van der Waals surface area contributed by atoms with Crippen LogP contribution in [0.5, 0.6) is 0 Å². The molecule has 2 heterocycles. The van der Waals surface area contributed by atoms with E-state index in [0.29, 0.717) is 0 Å². The average molecular weight is 391 g/mol.